The number of likely N-dealkylation sites (tertiary alicyclic amines) is 1. The molecule has 1 aliphatic carbocycles. The molecule has 0 aromatic rings. The normalized spacial score (nSPS) is 34.8. The van der Waals surface area contributed by atoms with Crippen molar-refractivity contribution < 1.29 is 29.0 Å². The van der Waals surface area contributed by atoms with Gasteiger partial charge in [-0.25, -0.2) is 0 Å². The van der Waals surface area contributed by atoms with E-state index < -0.39 is 23.5 Å². The summed E-state index contributed by atoms with van der Waals surface area (Å²) in [6.45, 7) is 2.56. The first-order valence-corrected chi connectivity index (χ1v) is 12.1. The summed E-state index contributed by atoms with van der Waals surface area (Å²) in [6.07, 6.45) is 8.42. The maximum absolute atomic E-state index is 13.6. The minimum atomic E-state index is -0.936. The molecule has 2 amide bonds. The van der Waals surface area contributed by atoms with Crippen LogP contribution in [0.4, 0.5) is 0 Å². The van der Waals surface area contributed by atoms with Crippen LogP contribution in [-0.4, -0.2) is 71.3 Å². The zero-order valence-electron chi connectivity index (χ0n) is 18.5. The molecule has 1 spiro atoms. The van der Waals surface area contributed by atoms with Gasteiger partial charge in [0.05, 0.1) is 24.5 Å². The molecule has 174 valence electrons. The van der Waals surface area contributed by atoms with E-state index in [1.807, 2.05) is 0 Å². The average molecular weight is 437 g/mol. The van der Waals surface area contributed by atoms with Crippen LogP contribution in [0.15, 0.2) is 0 Å². The molecule has 8 nitrogen and oxygen atoms in total. The summed E-state index contributed by atoms with van der Waals surface area (Å²) in [6, 6.07) is -0.562. The predicted molar refractivity (Wildman–Crippen MR) is 112 cm³/mol. The van der Waals surface area contributed by atoms with E-state index in [1.165, 1.54) is 6.42 Å². The van der Waals surface area contributed by atoms with Crippen LogP contribution in [0, 0.1) is 11.8 Å². The lowest BCUT2D eigenvalue weighted by molar-refractivity contribution is -0.154. The number of unbranched alkanes of at least 4 members (excludes halogenated alkanes) is 2. The first-order valence-electron chi connectivity index (χ1n) is 12.1. The Morgan fingerprint density at radius 3 is 2.68 bits per heavy atom. The summed E-state index contributed by atoms with van der Waals surface area (Å²) in [7, 11) is 0. The summed E-state index contributed by atoms with van der Waals surface area (Å²) in [4.78, 5) is 41.5. The fourth-order valence-electron chi connectivity index (χ4n) is 6.30. The van der Waals surface area contributed by atoms with E-state index in [9.17, 15) is 14.4 Å². The Balaban J connectivity index is 1.58. The lowest BCUT2D eigenvalue weighted by Crippen LogP contribution is -2.57. The molecule has 0 radical (unpaired) electrons. The Morgan fingerprint density at radius 1 is 1.19 bits per heavy atom. The minimum absolute atomic E-state index is 0.113. The van der Waals surface area contributed by atoms with Crippen LogP contribution in [0.1, 0.15) is 71.1 Å². The van der Waals surface area contributed by atoms with Crippen molar-refractivity contribution in [2.45, 2.75) is 94.9 Å². The third-order valence-corrected chi connectivity index (χ3v) is 7.62. The maximum atomic E-state index is 13.6. The fourth-order valence-corrected chi connectivity index (χ4v) is 6.30. The first-order chi connectivity index (χ1) is 15.0. The Morgan fingerprint density at radius 2 is 1.97 bits per heavy atom. The van der Waals surface area contributed by atoms with E-state index in [4.69, 9.17) is 14.6 Å². The van der Waals surface area contributed by atoms with E-state index in [0.29, 0.717) is 32.2 Å². The largest absolute Gasteiger partial charge is 0.466 e. The summed E-state index contributed by atoms with van der Waals surface area (Å²) in [5.41, 5.74) is -0.936. The van der Waals surface area contributed by atoms with Crippen molar-refractivity contribution in [3.63, 3.8) is 0 Å². The van der Waals surface area contributed by atoms with E-state index in [2.05, 4.69) is 5.32 Å². The number of ether oxygens (including phenoxy) is 2. The quantitative estimate of drug-likeness (QED) is 0.420. The standard InChI is InChI=1S/C23H36N2O6/c1-2-30-22(29)17-16-11-12-23(31-16)18(17)21(28)25(13-7-4-8-14-26)19(23)20(27)24-15-9-5-3-6-10-15/h15-19,26H,2-14H2,1H3,(H,24,27)/t16-,17+,18+,19?,23?/m1/s1. The second-order valence-electron chi connectivity index (χ2n) is 9.47. The second kappa shape index (κ2) is 9.45. The zero-order chi connectivity index (χ0) is 22.0. The summed E-state index contributed by atoms with van der Waals surface area (Å²) in [5, 5.41) is 12.3. The number of fused-ring (bicyclic) bond motifs is 1. The van der Waals surface area contributed by atoms with E-state index in [1.54, 1.807) is 11.8 Å². The lowest BCUT2D eigenvalue weighted by atomic mass is 9.70. The van der Waals surface area contributed by atoms with Crippen LogP contribution in [0.25, 0.3) is 0 Å². The highest BCUT2D eigenvalue weighted by atomic mass is 16.6. The van der Waals surface area contributed by atoms with Crippen molar-refractivity contribution in [3.8, 4) is 0 Å². The summed E-state index contributed by atoms with van der Waals surface area (Å²) < 4.78 is 11.6. The first kappa shape index (κ1) is 22.5. The molecule has 31 heavy (non-hydrogen) atoms. The summed E-state index contributed by atoms with van der Waals surface area (Å²) >= 11 is 0. The number of rotatable bonds is 9. The molecule has 3 heterocycles. The van der Waals surface area contributed by atoms with Crippen molar-refractivity contribution in [2.75, 3.05) is 19.8 Å². The van der Waals surface area contributed by atoms with Gasteiger partial charge < -0.3 is 24.8 Å². The second-order valence-corrected chi connectivity index (χ2v) is 9.47. The molecular weight excluding hydrogens is 400 g/mol. The van der Waals surface area contributed by atoms with Crippen LogP contribution in [0.3, 0.4) is 0 Å². The Bertz CT molecular complexity index is 694. The molecule has 3 aliphatic heterocycles. The van der Waals surface area contributed by atoms with Gasteiger partial charge in [0, 0.05) is 19.2 Å². The topological polar surface area (TPSA) is 105 Å². The van der Waals surface area contributed by atoms with Gasteiger partial charge in [0.1, 0.15) is 11.6 Å². The monoisotopic (exact) mass is 436 g/mol. The Labute approximate surface area is 184 Å². The number of hydrogen-bond acceptors (Lipinski definition) is 6. The van der Waals surface area contributed by atoms with Gasteiger partial charge in [-0.1, -0.05) is 19.3 Å². The molecule has 2 bridgehead atoms. The molecule has 8 heteroatoms. The van der Waals surface area contributed by atoms with Crippen molar-refractivity contribution in [1.82, 2.24) is 10.2 Å². The van der Waals surface area contributed by atoms with Gasteiger partial charge in [-0.05, 0) is 51.9 Å². The van der Waals surface area contributed by atoms with Crippen LogP contribution in [0.5, 0.6) is 0 Å². The number of aliphatic hydroxyl groups excluding tert-OH is 1. The highest BCUT2D eigenvalue weighted by Crippen LogP contribution is 2.58. The summed E-state index contributed by atoms with van der Waals surface area (Å²) in [5.74, 6) is -1.97. The smallest absolute Gasteiger partial charge is 0.312 e. The third kappa shape index (κ3) is 3.97. The van der Waals surface area contributed by atoms with Gasteiger partial charge in [-0.2, -0.15) is 0 Å². The molecule has 4 rings (SSSR count). The van der Waals surface area contributed by atoms with Gasteiger partial charge in [-0.3, -0.25) is 14.4 Å². The van der Waals surface area contributed by atoms with Gasteiger partial charge >= 0.3 is 5.97 Å². The van der Waals surface area contributed by atoms with E-state index in [-0.39, 0.29) is 43.1 Å². The zero-order valence-corrected chi connectivity index (χ0v) is 18.5. The Hall–Kier alpha value is -1.67. The van der Waals surface area contributed by atoms with E-state index >= 15 is 0 Å². The molecular formula is C23H36N2O6. The number of nitrogens with one attached hydrogen (secondary N) is 1. The fraction of sp³-hybridized carbons (Fsp3) is 0.870. The van der Waals surface area contributed by atoms with Gasteiger partial charge in [-0.15, -0.1) is 0 Å². The highest BCUT2D eigenvalue weighted by molar-refractivity contribution is 5.98. The molecule has 2 unspecified atom stereocenters. The van der Waals surface area contributed by atoms with Gasteiger partial charge in [0.2, 0.25) is 11.8 Å². The Kier molecular flexibility index (Phi) is 6.86. The van der Waals surface area contributed by atoms with Crippen molar-refractivity contribution >= 4 is 17.8 Å². The number of carbonyl (C=O) groups excluding carboxylic acids is 3. The number of amides is 2. The number of esters is 1. The molecule has 4 aliphatic rings. The van der Waals surface area contributed by atoms with Gasteiger partial charge in [0.15, 0.2) is 0 Å². The predicted octanol–water partition coefficient (Wildman–Crippen LogP) is 1.54. The van der Waals surface area contributed by atoms with Crippen molar-refractivity contribution in [2.24, 2.45) is 11.8 Å². The minimum Gasteiger partial charge on any atom is -0.466 e. The molecule has 0 aromatic carbocycles. The molecule has 3 saturated heterocycles. The van der Waals surface area contributed by atoms with Crippen molar-refractivity contribution in [1.29, 1.82) is 0 Å². The molecule has 0 aromatic heterocycles. The van der Waals surface area contributed by atoms with Crippen LogP contribution in [0.2, 0.25) is 0 Å². The third-order valence-electron chi connectivity index (χ3n) is 7.62. The number of aliphatic hydroxyl groups is 1. The van der Waals surface area contributed by atoms with Crippen molar-refractivity contribution in [3.05, 3.63) is 0 Å². The van der Waals surface area contributed by atoms with Crippen LogP contribution >= 0.6 is 0 Å². The maximum Gasteiger partial charge on any atom is 0.312 e. The molecule has 5 atom stereocenters. The lowest BCUT2D eigenvalue weighted by Gasteiger charge is -2.35. The van der Waals surface area contributed by atoms with E-state index in [0.717, 1.165) is 32.1 Å². The number of hydrogen-bond donors (Lipinski definition) is 2. The molecule has 2 N–H and O–H groups in total. The van der Waals surface area contributed by atoms with Crippen LogP contribution in [-0.2, 0) is 23.9 Å². The highest BCUT2D eigenvalue weighted by Gasteiger charge is 2.74. The number of carbonyl (C=O) groups is 3. The molecule has 1 saturated carbocycles. The van der Waals surface area contributed by atoms with Crippen LogP contribution < -0.4 is 5.32 Å². The van der Waals surface area contributed by atoms with Gasteiger partial charge in [0.25, 0.3) is 0 Å². The SMILES string of the molecule is CCOC(=O)[C@@H]1[C@H]2C(=O)N(CCCCCO)C(C(=O)NC3CCCCC3)C23CC[C@H]1O3. The average Bonchev–Trinajstić information content (AvgIpc) is 3.39. The number of nitrogens with zero attached hydrogens (tertiary/aromatic N) is 1. The molecule has 4 fully saturated rings.